The molecule has 2 aromatic rings. The van der Waals surface area contributed by atoms with Crippen LogP contribution in [0.3, 0.4) is 0 Å². The van der Waals surface area contributed by atoms with Crippen LogP contribution in [0.15, 0.2) is 12.7 Å². The third kappa shape index (κ3) is 4.79. The van der Waals surface area contributed by atoms with Crippen molar-refractivity contribution in [1.29, 1.82) is 0 Å². The molecule has 2 aromatic heterocycles. The molecule has 15 heteroatoms. The number of rotatable bonds is 6. The first-order valence-electron chi connectivity index (χ1n) is 8.07. The molecule has 0 amide bonds. The second-order valence-electron chi connectivity index (χ2n) is 5.98. The average molecular weight is 450 g/mol. The smallest absolute Gasteiger partial charge is 0.333 e. The summed E-state index contributed by atoms with van der Waals surface area (Å²) < 4.78 is 44.6. The first-order valence-corrected chi connectivity index (χ1v) is 9.92. The third-order valence-electron chi connectivity index (χ3n) is 3.88. The lowest BCUT2D eigenvalue weighted by Gasteiger charge is -2.23. The first-order chi connectivity index (χ1) is 13.6. The van der Waals surface area contributed by atoms with Gasteiger partial charge in [0.25, 0.3) is 0 Å². The quantitative estimate of drug-likeness (QED) is 0.442. The van der Waals surface area contributed by atoms with Crippen LogP contribution in [0.2, 0.25) is 5.15 Å². The van der Waals surface area contributed by atoms with Gasteiger partial charge in [-0.15, -0.1) is 0 Å². The number of carbonyl (C=O) groups is 2. The van der Waals surface area contributed by atoms with Crippen molar-refractivity contribution in [3.63, 3.8) is 0 Å². The number of esters is 2. The Kier molecular flexibility index (Phi) is 6.00. The fraction of sp³-hybridized carbons (Fsp3) is 0.500. The van der Waals surface area contributed by atoms with Crippen LogP contribution in [-0.4, -0.2) is 64.8 Å². The number of carbonyl (C=O) groups excluding carboxylic acids is 2. The van der Waals surface area contributed by atoms with E-state index < -0.39 is 53.4 Å². The van der Waals surface area contributed by atoms with E-state index in [1.54, 1.807) is 0 Å². The molecule has 0 radical (unpaired) electrons. The SMILES string of the molecule is CC(=O)O[C@@H]1[C@H](OC(C)=O)[C@@H](COS(N)(=O)=O)O[C@H]1n1cnc2ncnc(Cl)c21. The van der Waals surface area contributed by atoms with Crippen molar-refractivity contribution in [3.8, 4) is 0 Å². The number of nitrogens with two attached hydrogens (primary N) is 1. The Labute approximate surface area is 169 Å². The van der Waals surface area contributed by atoms with E-state index in [0.29, 0.717) is 0 Å². The van der Waals surface area contributed by atoms with Crippen LogP contribution >= 0.6 is 11.6 Å². The van der Waals surface area contributed by atoms with Crippen molar-refractivity contribution >= 4 is 45.0 Å². The molecule has 1 aliphatic rings. The lowest BCUT2D eigenvalue weighted by molar-refractivity contribution is -0.165. The number of halogens is 1. The van der Waals surface area contributed by atoms with Crippen LogP contribution in [0.25, 0.3) is 11.2 Å². The summed E-state index contributed by atoms with van der Waals surface area (Å²) in [6.45, 7) is 1.69. The van der Waals surface area contributed by atoms with Gasteiger partial charge >= 0.3 is 22.2 Å². The number of hydrogen-bond donors (Lipinski definition) is 1. The molecular formula is C14H16ClN5O8S. The van der Waals surface area contributed by atoms with E-state index in [-0.39, 0.29) is 16.3 Å². The van der Waals surface area contributed by atoms with E-state index in [1.807, 2.05) is 0 Å². The van der Waals surface area contributed by atoms with Crippen LogP contribution in [-0.2, 0) is 38.3 Å². The van der Waals surface area contributed by atoms with Crippen molar-refractivity contribution in [3.05, 3.63) is 17.8 Å². The van der Waals surface area contributed by atoms with Gasteiger partial charge in [-0.05, 0) is 0 Å². The second-order valence-corrected chi connectivity index (χ2v) is 7.56. The summed E-state index contributed by atoms with van der Waals surface area (Å²) in [5.41, 5.74) is 0.509. The molecule has 13 nitrogen and oxygen atoms in total. The van der Waals surface area contributed by atoms with E-state index >= 15 is 0 Å². The maximum Gasteiger partial charge on any atom is 0.333 e. The Morgan fingerprint density at radius 2 is 1.86 bits per heavy atom. The maximum atomic E-state index is 11.7. The van der Waals surface area contributed by atoms with Crippen molar-refractivity contribution < 1.29 is 36.4 Å². The number of hydrogen-bond acceptors (Lipinski definition) is 11. The summed E-state index contributed by atoms with van der Waals surface area (Å²) >= 11 is 6.13. The monoisotopic (exact) mass is 449 g/mol. The zero-order valence-corrected chi connectivity index (χ0v) is 16.7. The predicted molar refractivity (Wildman–Crippen MR) is 94.4 cm³/mol. The molecule has 1 fully saturated rings. The molecule has 1 aliphatic heterocycles. The van der Waals surface area contributed by atoms with Gasteiger partial charge in [0.2, 0.25) is 0 Å². The molecule has 29 heavy (non-hydrogen) atoms. The molecular weight excluding hydrogens is 434 g/mol. The molecule has 3 heterocycles. The average Bonchev–Trinajstić information content (AvgIpc) is 3.15. The van der Waals surface area contributed by atoms with Crippen molar-refractivity contribution in [2.75, 3.05) is 6.61 Å². The molecule has 0 bridgehead atoms. The van der Waals surface area contributed by atoms with Gasteiger partial charge in [0.1, 0.15) is 24.3 Å². The predicted octanol–water partition coefficient (Wildman–Crippen LogP) is -0.539. The van der Waals surface area contributed by atoms with Gasteiger partial charge in [0, 0.05) is 13.8 Å². The van der Waals surface area contributed by atoms with Gasteiger partial charge in [0.15, 0.2) is 29.2 Å². The summed E-state index contributed by atoms with van der Waals surface area (Å²) in [7, 11) is -4.31. The van der Waals surface area contributed by atoms with E-state index in [0.717, 1.165) is 13.8 Å². The minimum absolute atomic E-state index is 0.0472. The highest BCUT2D eigenvalue weighted by Crippen LogP contribution is 2.37. The molecule has 0 spiro atoms. The Balaban J connectivity index is 2.03. The molecule has 0 unspecified atom stereocenters. The maximum absolute atomic E-state index is 11.7. The van der Waals surface area contributed by atoms with Crippen LogP contribution in [0.4, 0.5) is 0 Å². The summed E-state index contributed by atoms with van der Waals surface area (Å²) in [4.78, 5) is 35.2. The zero-order chi connectivity index (χ0) is 21.3. The van der Waals surface area contributed by atoms with E-state index in [1.165, 1.54) is 17.2 Å². The Morgan fingerprint density at radius 3 is 2.48 bits per heavy atom. The highest BCUT2D eigenvalue weighted by atomic mass is 35.5. The Bertz CT molecular complexity index is 1040. The number of aromatic nitrogens is 4. The first kappa shape index (κ1) is 21.3. The minimum Gasteiger partial charge on any atom is -0.456 e. The van der Waals surface area contributed by atoms with Crippen LogP contribution in [0, 0.1) is 0 Å². The van der Waals surface area contributed by atoms with Crippen molar-refractivity contribution in [2.24, 2.45) is 5.14 Å². The van der Waals surface area contributed by atoms with Gasteiger partial charge in [-0.25, -0.2) is 20.1 Å². The van der Waals surface area contributed by atoms with Crippen molar-refractivity contribution in [1.82, 2.24) is 19.5 Å². The number of fused-ring (bicyclic) bond motifs is 1. The molecule has 3 rings (SSSR count). The fourth-order valence-electron chi connectivity index (χ4n) is 2.91. The minimum atomic E-state index is -4.31. The van der Waals surface area contributed by atoms with E-state index in [4.69, 9.17) is 31.0 Å². The molecule has 2 N–H and O–H groups in total. The molecule has 0 aromatic carbocycles. The summed E-state index contributed by atoms with van der Waals surface area (Å²) in [6, 6.07) is 0. The second kappa shape index (κ2) is 8.16. The zero-order valence-electron chi connectivity index (χ0n) is 15.1. The van der Waals surface area contributed by atoms with Gasteiger partial charge < -0.3 is 14.2 Å². The fourth-order valence-corrected chi connectivity index (χ4v) is 3.46. The molecule has 0 saturated carbocycles. The van der Waals surface area contributed by atoms with Gasteiger partial charge in [-0.2, -0.15) is 8.42 Å². The number of nitrogens with zero attached hydrogens (tertiary/aromatic N) is 4. The summed E-state index contributed by atoms with van der Waals surface area (Å²) in [6.07, 6.45) is -2.10. The molecule has 0 aliphatic carbocycles. The van der Waals surface area contributed by atoms with E-state index in [9.17, 15) is 18.0 Å². The topological polar surface area (TPSA) is 175 Å². The number of ether oxygens (including phenoxy) is 3. The molecule has 4 atom stereocenters. The normalized spacial score (nSPS) is 24.6. The Hall–Kier alpha value is -2.39. The highest BCUT2D eigenvalue weighted by Gasteiger charge is 2.51. The lowest BCUT2D eigenvalue weighted by atomic mass is 10.1. The largest absolute Gasteiger partial charge is 0.456 e. The standard InChI is InChI=1S/C14H16ClN5O8S/c1-6(21)26-10-8(3-25-29(16,23)24)28-14(11(10)27-7(2)22)20-5-19-13-9(20)12(15)17-4-18-13/h4-5,8,10-11,14H,3H2,1-2H3,(H2,16,23,24)/t8-,10-,11-,14-/m1/s1. The van der Waals surface area contributed by atoms with Crippen LogP contribution in [0.5, 0.6) is 0 Å². The third-order valence-corrected chi connectivity index (χ3v) is 4.62. The summed E-state index contributed by atoms with van der Waals surface area (Å²) in [5, 5.41) is 4.90. The Morgan fingerprint density at radius 1 is 1.21 bits per heavy atom. The van der Waals surface area contributed by atoms with Gasteiger partial charge in [-0.3, -0.25) is 18.3 Å². The highest BCUT2D eigenvalue weighted by molar-refractivity contribution is 7.84. The van der Waals surface area contributed by atoms with Crippen LogP contribution < -0.4 is 5.14 Å². The summed E-state index contributed by atoms with van der Waals surface area (Å²) in [5.74, 6) is -1.41. The lowest BCUT2D eigenvalue weighted by Crippen LogP contribution is -2.41. The van der Waals surface area contributed by atoms with Crippen molar-refractivity contribution in [2.45, 2.75) is 38.4 Å². The van der Waals surface area contributed by atoms with E-state index in [2.05, 4.69) is 19.1 Å². The number of imidazole rings is 1. The molecule has 158 valence electrons. The van der Waals surface area contributed by atoms with Crippen LogP contribution in [0.1, 0.15) is 20.1 Å². The van der Waals surface area contributed by atoms with Gasteiger partial charge in [-0.1, -0.05) is 11.6 Å². The molecule has 1 saturated heterocycles. The van der Waals surface area contributed by atoms with Gasteiger partial charge in [0.05, 0.1) is 6.61 Å².